The van der Waals surface area contributed by atoms with Crippen molar-refractivity contribution >= 4 is 40.8 Å². The molecule has 2 amide bonds. The van der Waals surface area contributed by atoms with E-state index in [2.05, 4.69) is 15.3 Å². The average molecular weight is 322 g/mol. The Balaban J connectivity index is 1.98. The van der Waals surface area contributed by atoms with Crippen LogP contribution in [0.5, 0.6) is 0 Å². The lowest BCUT2D eigenvalue weighted by Crippen LogP contribution is -2.36. The predicted molar refractivity (Wildman–Crippen MR) is 78.5 cm³/mol. The maximum atomic E-state index is 12.6. The summed E-state index contributed by atoms with van der Waals surface area (Å²) in [5.74, 6) is -2.70. The second kappa shape index (κ2) is 5.10. The molecule has 0 spiro atoms. The first-order valence-corrected chi connectivity index (χ1v) is 6.89. The van der Waals surface area contributed by atoms with Crippen molar-refractivity contribution in [2.75, 3.05) is 12.0 Å². The Labute approximate surface area is 130 Å². The number of imide groups is 1. The van der Waals surface area contributed by atoms with Crippen molar-refractivity contribution in [2.24, 2.45) is 11.0 Å². The van der Waals surface area contributed by atoms with Crippen molar-refractivity contribution in [3.63, 3.8) is 0 Å². The molecule has 7 nitrogen and oxygen atoms in total. The molecule has 0 bridgehead atoms. The first-order valence-electron chi connectivity index (χ1n) is 6.51. The van der Waals surface area contributed by atoms with Gasteiger partial charge in [-0.15, -0.1) is 0 Å². The molecular formula is C14H12ClN3O4. The summed E-state index contributed by atoms with van der Waals surface area (Å²) < 4.78 is 4.59. The fraction of sp³-hybridized carbons (Fsp3) is 0.286. The van der Waals surface area contributed by atoms with Crippen molar-refractivity contribution in [2.45, 2.75) is 13.0 Å². The molecule has 1 aromatic carbocycles. The summed E-state index contributed by atoms with van der Waals surface area (Å²) in [6.07, 6.45) is 0. The molecule has 2 aliphatic rings. The summed E-state index contributed by atoms with van der Waals surface area (Å²) in [6.45, 7) is 1.82. The first kappa shape index (κ1) is 14.5. The van der Waals surface area contributed by atoms with Gasteiger partial charge < -0.3 is 4.74 Å². The number of rotatable bonds is 2. The number of benzene rings is 1. The third kappa shape index (κ3) is 1.97. The fourth-order valence-electron chi connectivity index (χ4n) is 2.54. The van der Waals surface area contributed by atoms with Crippen LogP contribution < -0.4 is 10.3 Å². The van der Waals surface area contributed by atoms with Gasteiger partial charge in [0.05, 0.1) is 12.8 Å². The molecule has 1 aromatic rings. The van der Waals surface area contributed by atoms with E-state index in [9.17, 15) is 14.4 Å². The zero-order valence-electron chi connectivity index (χ0n) is 11.8. The quantitative estimate of drug-likeness (QED) is 0.638. The van der Waals surface area contributed by atoms with E-state index in [0.29, 0.717) is 10.7 Å². The Kier molecular flexibility index (Phi) is 3.37. The number of anilines is 1. The van der Waals surface area contributed by atoms with Gasteiger partial charge in [0.2, 0.25) is 5.91 Å². The van der Waals surface area contributed by atoms with Crippen LogP contribution in [-0.2, 0) is 19.1 Å². The molecule has 8 heteroatoms. The zero-order valence-corrected chi connectivity index (χ0v) is 12.5. The van der Waals surface area contributed by atoms with Gasteiger partial charge in [0, 0.05) is 5.02 Å². The van der Waals surface area contributed by atoms with Gasteiger partial charge in [-0.2, -0.15) is 5.10 Å². The highest BCUT2D eigenvalue weighted by atomic mass is 35.5. The second-order valence-corrected chi connectivity index (χ2v) is 5.43. The minimum absolute atomic E-state index is 0.0911. The monoisotopic (exact) mass is 321 g/mol. The van der Waals surface area contributed by atoms with Crippen LogP contribution in [0.4, 0.5) is 5.69 Å². The van der Waals surface area contributed by atoms with E-state index in [4.69, 9.17) is 11.6 Å². The number of fused-ring (bicyclic) bond motifs is 1. The summed E-state index contributed by atoms with van der Waals surface area (Å²) in [4.78, 5) is 37.7. The van der Waals surface area contributed by atoms with Crippen LogP contribution in [0, 0.1) is 12.8 Å². The molecule has 0 aliphatic carbocycles. The average Bonchev–Trinajstić information content (AvgIpc) is 3.03. The topological polar surface area (TPSA) is 88.1 Å². The van der Waals surface area contributed by atoms with Gasteiger partial charge in [-0.25, -0.2) is 9.69 Å². The van der Waals surface area contributed by atoms with Crippen molar-refractivity contribution in [3.05, 3.63) is 28.8 Å². The number of hydrogen-bond donors (Lipinski definition) is 1. The predicted octanol–water partition coefficient (Wildman–Crippen LogP) is 0.639. The number of nitrogens with zero attached hydrogens (tertiary/aromatic N) is 2. The van der Waals surface area contributed by atoms with Gasteiger partial charge >= 0.3 is 5.97 Å². The van der Waals surface area contributed by atoms with Crippen molar-refractivity contribution in [1.82, 2.24) is 5.43 Å². The summed E-state index contributed by atoms with van der Waals surface area (Å²) >= 11 is 6.05. The number of methoxy groups -OCH3 is 1. The molecule has 1 saturated heterocycles. The van der Waals surface area contributed by atoms with Gasteiger partial charge in [0.1, 0.15) is 12.0 Å². The summed E-state index contributed by atoms with van der Waals surface area (Å²) in [6, 6.07) is 4.01. The van der Waals surface area contributed by atoms with Gasteiger partial charge in [-0.05, 0) is 24.6 Å². The minimum Gasteiger partial charge on any atom is -0.464 e. The molecule has 3 rings (SSSR count). The third-order valence-corrected chi connectivity index (χ3v) is 4.14. The number of hydrazone groups is 1. The lowest BCUT2D eigenvalue weighted by molar-refractivity contribution is -0.133. The van der Waals surface area contributed by atoms with Crippen molar-refractivity contribution in [3.8, 4) is 0 Å². The maximum Gasteiger partial charge on any atom is 0.355 e. The fourth-order valence-corrected chi connectivity index (χ4v) is 2.71. The molecule has 0 aromatic heterocycles. The van der Waals surface area contributed by atoms with Gasteiger partial charge in [0.15, 0.2) is 5.71 Å². The van der Waals surface area contributed by atoms with Gasteiger partial charge in [0.25, 0.3) is 5.91 Å². The summed E-state index contributed by atoms with van der Waals surface area (Å²) in [5.41, 5.74) is 3.64. The van der Waals surface area contributed by atoms with Crippen LogP contribution in [0.25, 0.3) is 0 Å². The van der Waals surface area contributed by atoms with E-state index in [1.54, 1.807) is 18.2 Å². The number of aryl methyl sites for hydroxylation is 1. The van der Waals surface area contributed by atoms with Crippen LogP contribution in [0.15, 0.2) is 23.3 Å². The highest BCUT2D eigenvalue weighted by Crippen LogP contribution is 2.32. The SMILES string of the molecule is COC(=O)C1=NN[C@@H]2C(=O)N(c3ccc(C)c(Cl)c3)C(=O)[C@@H]12. The Hall–Kier alpha value is -2.41. The van der Waals surface area contributed by atoms with E-state index in [1.165, 1.54) is 7.11 Å². The second-order valence-electron chi connectivity index (χ2n) is 5.02. The molecule has 0 saturated carbocycles. The number of nitrogens with one attached hydrogen (secondary N) is 1. The highest BCUT2D eigenvalue weighted by molar-refractivity contribution is 6.46. The summed E-state index contributed by atoms with van der Waals surface area (Å²) in [5, 5.41) is 4.20. The number of hydrogen-bond acceptors (Lipinski definition) is 6. The van der Waals surface area contributed by atoms with Gasteiger partial charge in [-0.3, -0.25) is 15.0 Å². The molecule has 114 valence electrons. The number of halogens is 1. The standard InChI is InChI=1S/C14H12ClN3O4/c1-6-3-4-7(5-8(6)15)18-12(19)9-10(13(18)20)16-17-11(9)14(21)22-2/h3-5,9-10,16H,1-2H3/t9-,10+/m1/s1. The highest BCUT2D eigenvalue weighted by Gasteiger charge is 2.55. The lowest BCUT2D eigenvalue weighted by Gasteiger charge is -2.16. The Bertz CT molecular complexity index is 731. The Morgan fingerprint density at radius 3 is 2.73 bits per heavy atom. The number of ether oxygens (including phenoxy) is 1. The molecular weight excluding hydrogens is 310 g/mol. The molecule has 2 heterocycles. The van der Waals surface area contributed by atoms with Crippen LogP contribution in [0.2, 0.25) is 5.02 Å². The largest absolute Gasteiger partial charge is 0.464 e. The normalized spacial score (nSPS) is 23.2. The van der Waals surface area contributed by atoms with E-state index >= 15 is 0 Å². The van der Waals surface area contributed by atoms with E-state index in [-0.39, 0.29) is 5.71 Å². The number of esters is 1. The molecule has 0 radical (unpaired) electrons. The molecule has 0 unspecified atom stereocenters. The first-order chi connectivity index (χ1) is 10.5. The molecule has 22 heavy (non-hydrogen) atoms. The molecule has 1 fully saturated rings. The molecule has 1 N–H and O–H groups in total. The zero-order chi connectivity index (χ0) is 16.0. The minimum atomic E-state index is -0.972. The van der Waals surface area contributed by atoms with Crippen LogP contribution in [0.3, 0.4) is 0 Å². The van der Waals surface area contributed by atoms with Crippen LogP contribution in [0.1, 0.15) is 5.56 Å². The van der Waals surface area contributed by atoms with Crippen molar-refractivity contribution in [1.29, 1.82) is 0 Å². The number of carbonyl (C=O) groups is 3. The van der Waals surface area contributed by atoms with Crippen LogP contribution in [-0.4, -0.2) is 36.6 Å². The van der Waals surface area contributed by atoms with E-state index in [0.717, 1.165) is 10.5 Å². The smallest absolute Gasteiger partial charge is 0.355 e. The Morgan fingerprint density at radius 1 is 1.36 bits per heavy atom. The summed E-state index contributed by atoms with van der Waals surface area (Å²) in [7, 11) is 1.19. The van der Waals surface area contributed by atoms with E-state index in [1.807, 2.05) is 6.92 Å². The van der Waals surface area contributed by atoms with Gasteiger partial charge in [-0.1, -0.05) is 17.7 Å². The van der Waals surface area contributed by atoms with Crippen LogP contribution >= 0.6 is 11.6 Å². The number of carbonyl (C=O) groups excluding carboxylic acids is 3. The van der Waals surface area contributed by atoms with Crippen molar-refractivity contribution < 1.29 is 19.1 Å². The third-order valence-electron chi connectivity index (χ3n) is 3.73. The maximum absolute atomic E-state index is 12.6. The lowest BCUT2D eigenvalue weighted by atomic mass is 9.99. The number of amides is 2. The molecule has 2 atom stereocenters. The molecule has 2 aliphatic heterocycles. The van der Waals surface area contributed by atoms with E-state index < -0.39 is 29.7 Å². The Morgan fingerprint density at radius 2 is 2.09 bits per heavy atom.